The quantitative estimate of drug-likeness (QED) is 0.295. The fourth-order valence-corrected chi connectivity index (χ4v) is 12.9. The van der Waals surface area contributed by atoms with E-state index in [-0.39, 0.29) is 33.5 Å². The molecule has 7 nitrogen and oxygen atoms in total. The van der Waals surface area contributed by atoms with E-state index in [1.54, 1.807) is 12.1 Å². The van der Waals surface area contributed by atoms with Crippen LogP contribution >= 0.6 is 0 Å². The lowest BCUT2D eigenvalue weighted by atomic mass is 9.33. The first-order valence-electron chi connectivity index (χ1n) is 17.0. The zero-order chi connectivity index (χ0) is 32.9. The van der Waals surface area contributed by atoms with Crippen molar-refractivity contribution in [3.05, 3.63) is 53.6 Å². The number of allylic oxidation sites excluding steroid dienone is 3. The van der Waals surface area contributed by atoms with Crippen molar-refractivity contribution in [2.24, 2.45) is 62.7 Å². The number of amides is 4. The van der Waals surface area contributed by atoms with Gasteiger partial charge in [0.2, 0.25) is 0 Å². The smallest absolute Gasteiger partial charge is 0.335 e. The SMILES string of the molecule is C=C(C)[C@@H]1CC[C@]2(N(C(N)=O)C(N)=O)CC[C@]3(C)[C@H](CC[C@@H]4[C@@]5(C)CC=C(c6ccc(C(=O)O)cc6)C(C)(C)[C@@H]5CC[C@]43C)[C@@H]12. The van der Waals surface area contributed by atoms with Gasteiger partial charge >= 0.3 is 18.0 Å². The van der Waals surface area contributed by atoms with Gasteiger partial charge in [-0.3, -0.25) is 0 Å². The van der Waals surface area contributed by atoms with E-state index in [0.29, 0.717) is 23.3 Å². The molecule has 5 aliphatic carbocycles. The number of imide groups is 1. The lowest BCUT2D eigenvalue weighted by Crippen LogP contribution is -2.70. The molecule has 1 aromatic carbocycles. The number of carbonyl (C=O) groups excluding carboxylic acids is 2. The van der Waals surface area contributed by atoms with Crippen LogP contribution in [-0.2, 0) is 0 Å². The maximum atomic E-state index is 12.8. The summed E-state index contributed by atoms with van der Waals surface area (Å²) in [5.41, 5.74) is 15.3. The van der Waals surface area contributed by atoms with Gasteiger partial charge in [0.15, 0.2) is 0 Å². The van der Waals surface area contributed by atoms with E-state index in [1.807, 2.05) is 12.1 Å². The summed E-state index contributed by atoms with van der Waals surface area (Å²) in [6, 6.07) is 5.96. The van der Waals surface area contributed by atoms with E-state index >= 15 is 0 Å². The Hall–Kier alpha value is -3.09. The molecule has 0 aromatic heterocycles. The largest absolute Gasteiger partial charge is 0.478 e. The molecule has 45 heavy (non-hydrogen) atoms. The van der Waals surface area contributed by atoms with Gasteiger partial charge in [-0.15, -0.1) is 0 Å². The van der Waals surface area contributed by atoms with Crippen LogP contribution in [0.2, 0.25) is 0 Å². The van der Waals surface area contributed by atoms with Crippen LogP contribution in [0.1, 0.15) is 115 Å². The number of aromatic carboxylic acids is 1. The van der Waals surface area contributed by atoms with Crippen LogP contribution < -0.4 is 11.5 Å². The van der Waals surface area contributed by atoms with Crippen LogP contribution in [0.25, 0.3) is 5.57 Å². The van der Waals surface area contributed by atoms with Gasteiger partial charge in [-0.25, -0.2) is 19.3 Å². The highest BCUT2D eigenvalue weighted by atomic mass is 16.4. The first-order chi connectivity index (χ1) is 21.0. The van der Waals surface area contributed by atoms with Gasteiger partial charge in [0.25, 0.3) is 0 Å². The van der Waals surface area contributed by atoms with E-state index < -0.39 is 23.6 Å². The summed E-state index contributed by atoms with van der Waals surface area (Å²) in [5, 5.41) is 9.43. The summed E-state index contributed by atoms with van der Waals surface area (Å²) >= 11 is 0. The summed E-state index contributed by atoms with van der Waals surface area (Å²) in [5.74, 6) is 0.825. The van der Waals surface area contributed by atoms with Crippen LogP contribution in [0.4, 0.5) is 9.59 Å². The van der Waals surface area contributed by atoms with Gasteiger partial charge in [-0.05, 0) is 139 Å². The standard InChI is InChI=1S/C38H53N3O4/c1-22(2)25-14-19-38(41(32(39)44)33(40)45)21-20-36(6)27(30(25)38)12-13-29-35(5)17-15-26(23-8-10-24(11-9-23)31(42)43)34(3,4)28(35)16-18-37(29,36)7/h8-11,15,25,27-30H,1,12-14,16-21H2,2-7H3,(H2,39,44)(H2,40,45)(H,42,43)/t25-,27+,28-,29+,30+,35-,36+,37+,38-/m0/s1. The van der Waals surface area contributed by atoms with Gasteiger partial charge in [0.05, 0.1) is 11.1 Å². The molecule has 4 amide bonds. The minimum absolute atomic E-state index is 0.0395. The molecule has 1 aromatic rings. The highest BCUT2D eigenvalue weighted by Crippen LogP contribution is 2.77. The number of benzene rings is 1. The molecule has 0 saturated heterocycles. The van der Waals surface area contributed by atoms with E-state index in [4.69, 9.17) is 11.5 Å². The van der Waals surface area contributed by atoms with E-state index in [0.717, 1.165) is 68.9 Å². The van der Waals surface area contributed by atoms with Crippen molar-refractivity contribution < 1.29 is 19.5 Å². The van der Waals surface area contributed by atoms with Crippen molar-refractivity contribution in [1.82, 2.24) is 4.90 Å². The number of rotatable bonds is 4. The average Bonchev–Trinajstić information content (AvgIpc) is 3.33. The number of urea groups is 2. The zero-order valence-corrected chi connectivity index (χ0v) is 28.1. The second-order valence-corrected chi connectivity index (χ2v) is 16.7. The molecule has 7 heteroatoms. The van der Waals surface area contributed by atoms with Crippen LogP contribution in [0, 0.1) is 51.2 Å². The second-order valence-electron chi connectivity index (χ2n) is 16.7. The molecule has 244 valence electrons. The van der Waals surface area contributed by atoms with Crippen molar-refractivity contribution in [3.8, 4) is 0 Å². The van der Waals surface area contributed by atoms with E-state index in [9.17, 15) is 19.5 Å². The molecule has 0 aliphatic heterocycles. The van der Waals surface area contributed by atoms with Gasteiger partial charge in [-0.1, -0.05) is 65.0 Å². The number of nitrogens with two attached hydrogens (primary N) is 2. The van der Waals surface area contributed by atoms with Gasteiger partial charge in [-0.2, -0.15) is 0 Å². The normalized spacial score (nSPS) is 41.4. The number of primary amides is 2. The summed E-state index contributed by atoms with van der Waals surface area (Å²) in [6.45, 7) is 19.0. The highest BCUT2D eigenvalue weighted by molar-refractivity contribution is 5.93. The third-order valence-electron chi connectivity index (χ3n) is 14.9. The second kappa shape index (κ2) is 10.2. The molecule has 0 heterocycles. The predicted molar refractivity (Wildman–Crippen MR) is 177 cm³/mol. The van der Waals surface area contributed by atoms with Crippen molar-refractivity contribution in [2.75, 3.05) is 0 Å². The van der Waals surface area contributed by atoms with Crippen molar-refractivity contribution >= 4 is 23.6 Å². The fourth-order valence-electron chi connectivity index (χ4n) is 12.9. The topological polar surface area (TPSA) is 127 Å². The minimum Gasteiger partial charge on any atom is -0.478 e. The Morgan fingerprint density at radius 2 is 1.49 bits per heavy atom. The summed E-state index contributed by atoms with van der Waals surface area (Å²) < 4.78 is 0. The molecule has 4 saturated carbocycles. The minimum atomic E-state index is -0.897. The number of hydrogen-bond donors (Lipinski definition) is 3. The first kappa shape index (κ1) is 31.9. The number of hydrogen-bond acceptors (Lipinski definition) is 3. The lowest BCUT2D eigenvalue weighted by Gasteiger charge is -2.72. The molecule has 0 radical (unpaired) electrons. The number of fused-ring (bicyclic) bond motifs is 7. The molecule has 5 aliphatic rings. The molecule has 6 rings (SSSR count). The number of nitrogens with zero attached hydrogens (tertiary/aromatic N) is 1. The van der Waals surface area contributed by atoms with Crippen LogP contribution in [0.5, 0.6) is 0 Å². The van der Waals surface area contributed by atoms with Gasteiger partial charge < -0.3 is 16.6 Å². The molecule has 0 spiro atoms. The van der Waals surface area contributed by atoms with Crippen LogP contribution in [0.15, 0.2) is 42.5 Å². The lowest BCUT2D eigenvalue weighted by molar-refractivity contribution is -0.223. The molecule has 9 atom stereocenters. The number of carbonyl (C=O) groups is 3. The highest BCUT2D eigenvalue weighted by Gasteiger charge is 2.71. The Kier molecular flexibility index (Phi) is 7.23. The Morgan fingerprint density at radius 3 is 2.07 bits per heavy atom. The van der Waals surface area contributed by atoms with Crippen LogP contribution in [-0.4, -0.2) is 33.6 Å². The van der Waals surface area contributed by atoms with Crippen molar-refractivity contribution in [2.45, 2.75) is 105 Å². The third kappa shape index (κ3) is 4.17. The molecule has 0 unspecified atom stereocenters. The molecule has 5 N–H and O–H groups in total. The van der Waals surface area contributed by atoms with Crippen molar-refractivity contribution in [1.29, 1.82) is 0 Å². The molecule has 0 bridgehead atoms. The monoisotopic (exact) mass is 615 g/mol. The third-order valence-corrected chi connectivity index (χ3v) is 14.9. The number of carboxylic acids is 1. The fraction of sp³-hybridized carbons (Fsp3) is 0.658. The van der Waals surface area contributed by atoms with Crippen LogP contribution in [0.3, 0.4) is 0 Å². The maximum Gasteiger partial charge on any atom is 0.335 e. The Bertz CT molecular complexity index is 1470. The summed E-state index contributed by atoms with van der Waals surface area (Å²) in [7, 11) is 0. The van der Waals surface area contributed by atoms with E-state index in [2.05, 4.69) is 54.2 Å². The average molecular weight is 616 g/mol. The molecule has 4 fully saturated rings. The molecular formula is C38H53N3O4. The molecular weight excluding hydrogens is 562 g/mol. The summed E-state index contributed by atoms with van der Waals surface area (Å²) in [6.07, 6.45) is 11.3. The summed E-state index contributed by atoms with van der Waals surface area (Å²) in [4.78, 5) is 38.4. The first-order valence-corrected chi connectivity index (χ1v) is 17.0. The van der Waals surface area contributed by atoms with E-state index in [1.165, 1.54) is 10.5 Å². The maximum absolute atomic E-state index is 12.8. The Labute approximate surface area is 268 Å². The van der Waals surface area contributed by atoms with Gasteiger partial charge in [0.1, 0.15) is 0 Å². The number of carboxylic acid groups (broad SMARTS) is 1. The Balaban J connectivity index is 1.38. The Morgan fingerprint density at radius 1 is 0.844 bits per heavy atom. The zero-order valence-electron chi connectivity index (χ0n) is 28.1. The van der Waals surface area contributed by atoms with Gasteiger partial charge in [0, 0.05) is 0 Å². The predicted octanol–water partition coefficient (Wildman–Crippen LogP) is 8.25. The van der Waals surface area contributed by atoms with Crippen molar-refractivity contribution in [3.63, 3.8) is 0 Å².